The van der Waals surface area contributed by atoms with Gasteiger partial charge < -0.3 is 9.72 Å². The zero-order chi connectivity index (χ0) is 13.1. The average molecular weight is 245 g/mol. The topological polar surface area (TPSA) is 59.2 Å². The summed E-state index contributed by atoms with van der Waals surface area (Å²) in [6.45, 7) is 4.06. The van der Waals surface area contributed by atoms with Gasteiger partial charge in [0, 0.05) is 17.0 Å². The van der Waals surface area contributed by atoms with Crippen LogP contribution in [0.3, 0.4) is 0 Å². The quantitative estimate of drug-likeness (QED) is 0.842. The van der Waals surface area contributed by atoms with Crippen LogP contribution in [0.15, 0.2) is 29.1 Å². The summed E-state index contributed by atoms with van der Waals surface area (Å²) in [6, 6.07) is 6.57. The summed E-state index contributed by atoms with van der Waals surface area (Å²) < 4.78 is 5.59. The van der Waals surface area contributed by atoms with Gasteiger partial charge in [0.25, 0.3) is 0 Å². The maximum absolute atomic E-state index is 11.5. The maximum Gasteiger partial charge on any atom is 0.248 e. The number of hydrogen-bond donors (Lipinski definition) is 1. The van der Waals surface area contributed by atoms with E-state index in [1.54, 1.807) is 18.2 Å². The molecule has 4 heteroatoms. The fraction of sp³-hybridized carbons (Fsp3) is 0.286. The molecular weight excluding hydrogens is 230 g/mol. The third-order valence-corrected chi connectivity index (χ3v) is 2.66. The lowest BCUT2D eigenvalue weighted by atomic mass is 10.1. The first-order chi connectivity index (χ1) is 8.61. The Morgan fingerprint density at radius 2 is 2.11 bits per heavy atom. The van der Waals surface area contributed by atoms with E-state index >= 15 is 0 Å². The highest BCUT2D eigenvalue weighted by molar-refractivity contribution is 5.99. The van der Waals surface area contributed by atoms with Crippen molar-refractivity contribution >= 4 is 16.7 Å². The fourth-order valence-electron chi connectivity index (χ4n) is 1.76. The number of aromatic amines is 1. The van der Waals surface area contributed by atoms with E-state index in [4.69, 9.17) is 4.74 Å². The second-order valence-electron chi connectivity index (χ2n) is 4.17. The lowest BCUT2D eigenvalue weighted by molar-refractivity contribution is 0.101. The van der Waals surface area contributed by atoms with Crippen LogP contribution < -0.4 is 10.3 Å². The Bertz CT molecular complexity index is 643. The zero-order valence-corrected chi connectivity index (χ0v) is 10.4. The zero-order valence-electron chi connectivity index (χ0n) is 10.4. The summed E-state index contributed by atoms with van der Waals surface area (Å²) in [4.78, 5) is 25.5. The number of nitrogens with one attached hydrogen (secondary N) is 1. The number of benzene rings is 1. The Hall–Kier alpha value is -2.10. The van der Waals surface area contributed by atoms with Crippen molar-refractivity contribution in [2.75, 3.05) is 6.61 Å². The smallest absolute Gasteiger partial charge is 0.248 e. The molecule has 18 heavy (non-hydrogen) atoms. The van der Waals surface area contributed by atoms with Crippen LogP contribution >= 0.6 is 0 Å². The third-order valence-electron chi connectivity index (χ3n) is 2.66. The second kappa shape index (κ2) is 5.04. The predicted molar refractivity (Wildman–Crippen MR) is 70.4 cm³/mol. The van der Waals surface area contributed by atoms with Crippen LogP contribution in [0.2, 0.25) is 0 Å². The molecule has 94 valence electrons. The summed E-state index contributed by atoms with van der Waals surface area (Å²) in [5.74, 6) is 0.529. The van der Waals surface area contributed by atoms with Crippen molar-refractivity contribution in [3.8, 4) is 5.75 Å². The molecule has 4 nitrogen and oxygen atoms in total. The van der Waals surface area contributed by atoms with Gasteiger partial charge in [0.15, 0.2) is 5.78 Å². The average Bonchev–Trinajstić information content (AvgIpc) is 2.35. The Kier molecular flexibility index (Phi) is 3.46. The third kappa shape index (κ3) is 2.42. The Labute approximate surface area is 105 Å². The second-order valence-corrected chi connectivity index (χ2v) is 4.17. The van der Waals surface area contributed by atoms with E-state index in [9.17, 15) is 9.59 Å². The highest BCUT2D eigenvalue weighted by Crippen LogP contribution is 2.25. The molecule has 0 saturated heterocycles. The minimum atomic E-state index is -0.181. The maximum atomic E-state index is 11.5. The number of aromatic nitrogens is 1. The number of rotatable bonds is 4. The summed E-state index contributed by atoms with van der Waals surface area (Å²) in [5, 5.41) is 0.799. The first-order valence-corrected chi connectivity index (χ1v) is 5.92. The van der Waals surface area contributed by atoms with Crippen LogP contribution in [-0.2, 0) is 0 Å². The molecule has 0 saturated carbocycles. The largest absolute Gasteiger partial charge is 0.491 e. The van der Waals surface area contributed by atoms with Crippen molar-refractivity contribution in [2.24, 2.45) is 0 Å². The first kappa shape index (κ1) is 12.4. The summed E-state index contributed by atoms with van der Waals surface area (Å²) in [7, 11) is 0. The number of ketones is 1. The molecule has 0 unspecified atom stereocenters. The lowest BCUT2D eigenvalue weighted by Gasteiger charge is -2.09. The molecule has 0 aliphatic rings. The molecule has 1 aromatic carbocycles. The van der Waals surface area contributed by atoms with Gasteiger partial charge in [-0.25, -0.2) is 0 Å². The molecular formula is C14H15NO3. The van der Waals surface area contributed by atoms with Gasteiger partial charge >= 0.3 is 0 Å². The van der Waals surface area contributed by atoms with Crippen LogP contribution in [0.5, 0.6) is 5.75 Å². The van der Waals surface area contributed by atoms with Crippen molar-refractivity contribution in [3.63, 3.8) is 0 Å². The van der Waals surface area contributed by atoms with Gasteiger partial charge in [0.1, 0.15) is 5.75 Å². The number of hydrogen-bond acceptors (Lipinski definition) is 3. The van der Waals surface area contributed by atoms with E-state index in [1.165, 1.54) is 13.0 Å². The Morgan fingerprint density at radius 3 is 2.78 bits per heavy atom. The molecule has 1 heterocycles. The standard InChI is InChI=1S/C14H15NO3/c1-3-6-18-12-8-11(9(2)16)7-10-4-5-13(17)15-14(10)12/h4-5,7-8H,3,6H2,1-2H3,(H,15,17). The van der Waals surface area contributed by atoms with E-state index in [0.717, 1.165) is 11.8 Å². The number of pyridine rings is 1. The summed E-state index contributed by atoms with van der Waals surface area (Å²) in [6.07, 6.45) is 0.864. The highest BCUT2D eigenvalue weighted by Gasteiger charge is 2.09. The monoisotopic (exact) mass is 245 g/mol. The number of carbonyl (C=O) groups excluding carboxylic acids is 1. The molecule has 0 spiro atoms. The van der Waals surface area contributed by atoms with Crippen molar-refractivity contribution in [3.05, 3.63) is 40.2 Å². The van der Waals surface area contributed by atoms with Gasteiger partial charge in [-0.2, -0.15) is 0 Å². The van der Waals surface area contributed by atoms with Crippen LogP contribution in [0, 0.1) is 0 Å². The van der Waals surface area contributed by atoms with Crippen LogP contribution in [0.4, 0.5) is 0 Å². The molecule has 0 atom stereocenters. The van der Waals surface area contributed by atoms with E-state index in [0.29, 0.717) is 23.4 Å². The number of ether oxygens (including phenoxy) is 1. The number of H-pyrrole nitrogens is 1. The molecule has 0 aliphatic carbocycles. The van der Waals surface area contributed by atoms with E-state index in [-0.39, 0.29) is 11.3 Å². The highest BCUT2D eigenvalue weighted by atomic mass is 16.5. The van der Waals surface area contributed by atoms with Gasteiger partial charge in [-0.3, -0.25) is 9.59 Å². The van der Waals surface area contributed by atoms with Gasteiger partial charge in [-0.1, -0.05) is 6.92 Å². The van der Waals surface area contributed by atoms with Crippen LogP contribution in [-0.4, -0.2) is 17.4 Å². The minimum Gasteiger partial charge on any atom is -0.491 e. The van der Waals surface area contributed by atoms with E-state index < -0.39 is 0 Å². The molecule has 0 amide bonds. The molecule has 0 bridgehead atoms. The molecule has 0 aliphatic heterocycles. The predicted octanol–water partition coefficient (Wildman–Crippen LogP) is 2.52. The first-order valence-electron chi connectivity index (χ1n) is 5.92. The van der Waals surface area contributed by atoms with Gasteiger partial charge in [0.2, 0.25) is 5.56 Å². The SMILES string of the molecule is CCCOc1cc(C(C)=O)cc2ccc(=O)[nH]c12. The fourth-order valence-corrected chi connectivity index (χ4v) is 1.76. The number of Topliss-reactive ketones (excluding diaryl/α,β-unsaturated/α-hetero) is 1. The lowest BCUT2D eigenvalue weighted by Crippen LogP contribution is -2.06. The van der Waals surface area contributed by atoms with Crippen LogP contribution in [0.1, 0.15) is 30.6 Å². The van der Waals surface area contributed by atoms with Crippen molar-refractivity contribution in [1.29, 1.82) is 0 Å². The molecule has 2 rings (SSSR count). The molecule has 1 aromatic heterocycles. The van der Waals surface area contributed by atoms with Crippen molar-refractivity contribution in [1.82, 2.24) is 4.98 Å². The molecule has 0 fully saturated rings. The minimum absolute atomic E-state index is 0.0237. The van der Waals surface area contributed by atoms with Gasteiger partial charge in [-0.15, -0.1) is 0 Å². The van der Waals surface area contributed by atoms with E-state index in [2.05, 4.69) is 4.98 Å². The van der Waals surface area contributed by atoms with Crippen molar-refractivity contribution < 1.29 is 9.53 Å². The van der Waals surface area contributed by atoms with E-state index in [1.807, 2.05) is 6.92 Å². The Balaban J connectivity index is 2.65. The van der Waals surface area contributed by atoms with Gasteiger partial charge in [0.05, 0.1) is 12.1 Å². The number of fused-ring (bicyclic) bond motifs is 1. The van der Waals surface area contributed by atoms with Crippen molar-refractivity contribution in [2.45, 2.75) is 20.3 Å². The summed E-state index contributed by atoms with van der Waals surface area (Å²) in [5.41, 5.74) is 1.04. The molecule has 1 N–H and O–H groups in total. The molecule has 0 radical (unpaired) electrons. The Morgan fingerprint density at radius 1 is 1.33 bits per heavy atom. The van der Waals surface area contributed by atoms with Gasteiger partial charge in [-0.05, 0) is 31.5 Å². The molecule has 2 aromatic rings. The van der Waals surface area contributed by atoms with Crippen LogP contribution in [0.25, 0.3) is 10.9 Å². The normalized spacial score (nSPS) is 10.6. The summed E-state index contributed by atoms with van der Waals surface area (Å²) >= 11 is 0. The number of carbonyl (C=O) groups is 1.